The van der Waals surface area contributed by atoms with E-state index in [4.69, 9.17) is 16.3 Å². The van der Waals surface area contributed by atoms with Gasteiger partial charge in [-0.25, -0.2) is 4.98 Å². The fraction of sp³-hybridized carbons (Fsp3) is 0.615. The van der Waals surface area contributed by atoms with Crippen LogP contribution in [0.25, 0.3) is 0 Å². The molecule has 1 saturated carbocycles. The molecule has 16 heavy (non-hydrogen) atoms. The molecule has 0 atom stereocenters. The summed E-state index contributed by atoms with van der Waals surface area (Å²) >= 11 is 5.81. The number of aromatic nitrogens is 1. The number of pyridine rings is 1. The van der Waals surface area contributed by atoms with Gasteiger partial charge in [0.1, 0.15) is 5.15 Å². The summed E-state index contributed by atoms with van der Waals surface area (Å²) in [6.45, 7) is 1.45. The van der Waals surface area contributed by atoms with Gasteiger partial charge in [0.2, 0.25) is 0 Å². The normalized spacial score (nSPS) is 17.6. The van der Waals surface area contributed by atoms with Gasteiger partial charge in [-0.1, -0.05) is 36.9 Å². The van der Waals surface area contributed by atoms with Crippen molar-refractivity contribution in [3.05, 3.63) is 29.0 Å². The molecule has 2 rings (SSSR count). The van der Waals surface area contributed by atoms with Crippen LogP contribution in [0.3, 0.4) is 0 Å². The van der Waals surface area contributed by atoms with Crippen LogP contribution in [0.2, 0.25) is 5.15 Å². The molecular formula is C13H18ClNO. The summed E-state index contributed by atoms with van der Waals surface area (Å²) in [5.41, 5.74) is 0.920. The molecule has 0 unspecified atom stereocenters. The highest BCUT2D eigenvalue weighted by Gasteiger charge is 2.13. The molecule has 0 aromatic carbocycles. The van der Waals surface area contributed by atoms with Crippen molar-refractivity contribution >= 4 is 11.6 Å². The van der Waals surface area contributed by atoms with Gasteiger partial charge in [0.15, 0.2) is 0 Å². The summed E-state index contributed by atoms with van der Waals surface area (Å²) in [5, 5.41) is 0.541. The first-order chi connectivity index (χ1) is 7.84. The Kier molecular flexibility index (Phi) is 4.61. The number of ether oxygens (including phenoxy) is 1. The van der Waals surface area contributed by atoms with Gasteiger partial charge in [0.25, 0.3) is 0 Å². The number of nitrogens with zero attached hydrogens (tertiary/aromatic N) is 1. The molecule has 1 aromatic heterocycles. The predicted molar refractivity (Wildman–Crippen MR) is 65.5 cm³/mol. The topological polar surface area (TPSA) is 22.1 Å². The first-order valence-electron chi connectivity index (χ1n) is 6.04. The average molecular weight is 240 g/mol. The first-order valence-corrected chi connectivity index (χ1v) is 6.41. The molecule has 0 bridgehead atoms. The van der Waals surface area contributed by atoms with E-state index in [1.807, 2.05) is 12.1 Å². The van der Waals surface area contributed by atoms with Gasteiger partial charge in [-0.3, -0.25) is 0 Å². The molecule has 1 aliphatic rings. The lowest BCUT2D eigenvalue weighted by Gasteiger charge is -2.21. The van der Waals surface area contributed by atoms with Crippen LogP contribution >= 0.6 is 11.6 Å². The van der Waals surface area contributed by atoms with E-state index in [9.17, 15) is 0 Å². The van der Waals surface area contributed by atoms with Gasteiger partial charge in [-0.15, -0.1) is 0 Å². The van der Waals surface area contributed by atoms with E-state index in [2.05, 4.69) is 4.98 Å². The molecule has 1 aliphatic carbocycles. The fourth-order valence-corrected chi connectivity index (χ4v) is 2.40. The largest absolute Gasteiger partial charge is 0.375 e. The summed E-state index contributed by atoms with van der Waals surface area (Å²) in [6.07, 6.45) is 6.77. The zero-order valence-electron chi connectivity index (χ0n) is 9.49. The first kappa shape index (κ1) is 11.9. The molecule has 0 amide bonds. The Morgan fingerprint density at radius 3 is 2.81 bits per heavy atom. The predicted octanol–water partition coefficient (Wildman–Crippen LogP) is 3.83. The van der Waals surface area contributed by atoms with E-state index in [1.54, 1.807) is 6.07 Å². The Bertz CT molecular complexity index is 323. The minimum Gasteiger partial charge on any atom is -0.375 e. The summed E-state index contributed by atoms with van der Waals surface area (Å²) in [7, 11) is 0. The molecule has 1 heterocycles. The third kappa shape index (κ3) is 3.76. The molecule has 0 spiro atoms. The Labute approximate surface area is 102 Å². The standard InChI is InChI=1S/C13H18ClNO/c14-13-8-4-7-12(15-13)10-16-9-11-5-2-1-3-6-11/h4,7-8,11H,1-3,5-6,9-10H2. The fourth-order valence-electron chi connectivity index (χ4n) is 2.21. The zero-order chi connectivity index (χ0) is 11.2. The highest BCUT2D eigenvalue weighted by Crippen LogP contribution is 2.23. The molecule has 0 radical (unpaired) electrons. The zero-order valence-corrected chi connectivity index (χ0v) is 10.2. The Hall–Kier alpha value is -0.600. The maximum Gasteiger partial charge on any atom is 0.129 e. The van der Waals surface area contributed by atoms with Crippen LogP contribution in [-0.2, 0) is 11.3 Å². The van der Waals surface area contributed by atoms with Crippen LogP contribution in [0.4, 0.5) is 0 Å². The van der Waals surface area contributed by atoms with Crippen LogP contribution in [0.1, 0.15) is 37.8 Å². The number of rotatable bonds is 4. The summed E-state index contributed by atoms with van der Waals surface area (Å²) in [5.74, 6) is 0.757. The molecule has 1 fully saturated rings. The third-order valence-corrected chi connectivity index (χ3v) is 3.31. The molecular weight excluding hydrogens is 222 g/mol. The van der Waals surface area contributed by atoms with Crippen LogP contribution in [0.5, 0.6) is 0 Å². The van der Waals surface area contributed by atoms with Gasteiger partial charge in [0, 0.05) is 6.61 Å². The summed E-state index contributed by atoms with van der Waals surface area (Å²) in [4.78, 5) is 4.20. The smallest absolute Gasteiger partial charge is 0.129 e. The Morgan fingerprint density at radius 1 is 1.25 bits per heavy atom. The molecule has 1 aromatic rings. The molecule has 2 nitrogen and oxygen atoms in total. The average Bonchev–Trinajstić information content (AvgIpc) is 2.30. The van der Waals surface area contributed by atoms with Crippen molar-refractivity contribution in [2.24, 2.45) is 5.92 Å². The Balaban J connectivity index is 1.71. The van der Waals surface area contributed by atoms with E-state index in [0.29, 0.717) is 11.8 Å². The molecule has 0 aliphatic heterocycles. The van der Waals surface area contributed by atoms with Crippen LogP contribution in [0.15, 0.2) is 18.2 Å². The van der Waals surface area contributed by atoms with E-state index >= 15 is 0 Å². The molecule has 0 saturated heterocycles. The number of halogens is 1. The maximum atomic E-state index is 5.81. The van der Waals surface area contributed by atoms with Crippen molar-refractivity contribution < 1.29 is 4.74 Å². The minimum atomic E-state index is 0.541. The highest BCUT2D eigenvalue weighted by molar-refractivity contribution is 6.29. The lowest BCUT2D eigenvalue weighted by atomic mass is 9.90. The van der Waals surface area contributed by atoms with Gasteiger partial charge in [-0.2, -0.15) is 0 Å². The van der Waals surface area contributed by atoms with Crippen molar-refractivity contribution in [2.75, 3.05) is 6.61 Å². The van der Waals surface area contributed by atoms with Gasteiger partial charge in [0.05, 0.1) is 12.3 Å². The second-order valence-corrected chi connectivity index (χ2v) is 4.86. The van der Waals surface area contributed by atoms with Crippen molar-refractivity contribution in [3.63, 3.8) is 0 Å². The molecule has 88 valence electrons. The lowest BCUT2D eigenvalue weighted by Crippen LogP contribution is -2.13. The van der Waals surface area contributed by atoms with Gasteiger partial charge >= 0.3 is 0 Å². The Morgan fingerprint density at radius 2 is 2.06 bits per heavy atom. The molecule has 3 heteroatoms. The summed E-state index contributed by atoms with van der Waals surface area (Å²) < 4.78 is 5.69. The van der Waals surface area contributed by atoms with E-state index in [0.717, 1.165) is 18.2 Å². The third-order valence-electron chi connectivity index (χ3n) is 3.10. The number of hydrogen-bond donors (Lipinski definition) is 0. The number of hydrogen-bond acceptors (Lipinski definition) is 2. The van der Waals surface area contributed by atoms with Crippen LogP contribution in [0, 0.1) is 5.92 Å². The van der Waals surface area contributed by atoms with E-state index in [1.165, 1.54) is 32.1 Å². The highest BCUT2D eigenvalue weighted by atomic mass is 35.5. The maximum absolute atomic E-state index is 5.81. The van der Waals surface area contributed by atoms with Crippen molar-refractivity contribution in [3.8, 4) is 0 Å². The van der Waals surface area contributed by atoms with Gasteiger partial charge < -0.3 is 4.74 Å². The van der Waals surface area contributed by atoms with Crippen LogP contribution in [-0.4, -0.2) is 11.6 Å². The van der Waals surface area contributed by atoms with E-state index in [-0.39, 0.29) is 0 Å². The van der Waals surface area contributed by atoms with Crippen molar-refractivity contribution in [1.82, 2.24) is 4.98 Å². The minimum absolute atomic E-state index is 0.541. The molecule has 0 N–H and O–H groups in total. The lowest BCUT2D eigenvalue weighted by molar-refractivity contribution is 0.0720. The quantitative estimate of drug-likeness (QED) is 0.745. The SMILES string of the molecule is Clc1cccc(COCC2CCCCC2)n1. The second kappa shape index (κ2) is 6.21. The van der Waals surface area contributed by atoms with Crippen molar-refractivity contribution in [2.45, 2.75) is 38.7 Å². The second-order valence-electron chi connectivity index (χ2n) is 4.47. The van der Waals surface area contributed by atoms with Crippen molar-refractivity contribution in [1.29, 1.82) is 0 Å². The summed E-state index contributed by atoms with van der Waals surface area (Å²) in [6, 6.07) is 5.65. The monoisotopic (exact) mass is 239 g/mol. The van der Waals surface area contributed by atoms with E-state index < -0.39 is 0 Å². The van der Waals surface area contributed by atoms with Gasteiger partial charge in [-0.05, 0) is 30.9 Å². The van der Waals surface area contributed by atoms with Crippen LogP contribution < -0.4 is 0 Å².